The molecule has 1 unspecified atom stereocenters. The van der Waals surface area contributed by atoms with Crippen LogP contribution < -0.4 is 4.90 Å². The maximum atomic E-state index is 10.3. The summed E-state index contributed by atoms with van der Waals surface area (Å²) in [4.78, 5) is 8.90. The average Bonchev–Trinajstić information content (AvgIpc) is 2.57. The summed E-state index contributed by atoms with van der Waals surface area (Å²) in [6.07, 6.45) is 3.37. The van der Waals surface area contributed by atoms with Crippen LogP contribution in [0.25, 0.3) is 0 Å². The van der Waals surface area contributed by atoms with E-state index in [-0.39, 0.29) is 0 Å². The molecule has 0 aliphatic carbocycles. The van der Waals surface area contributed by atoms with Crippen LogP contribution in [-0.2, 0) is 0 Å². The van der Waals surface area contributed by atoms with E-state index in [0.29, 0.717) is 6.54 Å². The third-order valence-electron chi connectivity index (χ3n) is 4.32. The Kier molecular flexibility index (Phi) is 4.71. The lowest BCUT2D eigenvalue weighted by atomic mass is 10.1. The van der Waals surface area contributed by atoms with Gasteiger partial charge in [0.05, 0.1) is 6.10 Å². The summed E-state index contributed by atoms with van der Waals surface area (Å²) in [7, 11) is 0. The SMILES string of the molecule is Cc1cnccc1N1CCN(CC(O)c2ccccc2)CC1. The van der Waals surface area contributed by atoms with Crippen LogP contribution in [0.3, 0.4) is 0 Å². The summed E-state index contributed by atoms with van der Waals surface area (Å²) >= 11 is 0. The van der Waals surface area contributed by atoms with Gasteiger partial charge < -0.3 is 10.0 Å². The van der Waals surface area contributed by atoms with Crippen LogP contribution in [0, 0.1) is 6.92 Å². The number of benzene rings is 1. The molecule has 22 heavy (non-hydrogen) atoms. The van der Waals surface area contributed by atoms with Gasteiger partial charge in [-0.1, -0.05) is 30.3 Å². The molecule has 0 bridgehead atoms. The zero-order valence-corrected chi connectivity index (χ0v) is 13.0. The van der Waals surface area contributed by atoms with Crippen LogP contribution in [0.15, 0.2) is 48.8 Å². The Hall–Kier alpha value is -1.91. The van der Waals surface area contributed by atoms with E-state index in [2.05, 4.69) is 27.8 Å². The third-order valence-corrected chi connectivity index (χ3v) is 4.32. The summed E-state index contributed by atoms with van der Waals surface area (Å²) in [5.74, 6) is 0. The van der Waals surface area contributed by atoms with Gasteiger partial charge in [0.25, 0.3) is 0 Å². The highest BCUT2D eigenvalue weighted by Gasteiger charge is 2.20. The fourth-order valence-electron chi connectivity index (χ4n) is 3.02. The summed E-state index contributed by atoms with van der Waals surface area (Å²) in [5, 5.41) is 10.3. The van der Waals surface area contributed by atoms with Gasteiger partial charge in [0.1, 0.15) is 0 Å². The highest BCUT2D eigenvalue weighted by molar-refractivity contribution is 5.51. The molecule has 2 heterocycles. The molecule has 1 fully saturated rings. The number of pyridine rings is 1. The number of aryl methyl sites for hydroxylation is 1. The topological polar surface area (TPSA) is 39.6 Å². The minimum absolute atomic E-state index is 0.407. The van der Waals surface area contributed by atoms with E-state index in [9.17, 15) is 5.11 Å². The van der Waals surface area contributed by atoms with Gasteiger partial charge in [-0.3, -0.25) is 9.88 Å². The fourth-order valence-corrected chi connectivity index (χ4v) is 3.02. The molecule has 1 aliphatic rings. The Morgan fingerprint density at radius 2 is 1.82 bits per heavy atom. The molecule has 1 aromatic carbocycles. The van der Waals surface area contributed by atoms with Crippen molar-refractivity contribution in [1.29, 1.82) is 0 Å². The second kappa shape index (κ2) is 6.90. The van der Waals surface area contributed by atoms with Crippen LogP contribution >= 0.6 is 0 Å². The monoisotopic (exact) mass is 297 g/mol. The number of anilines is 1. The first kappa shape index (κ1) is 15.0. The second-order valence-corrected chi connectivity index (χ2v) is 5.88. The van der Waals surface area contributed by atoms with Crippen molar-refractivity contribution in [3.8, 4) is 0 Å². The van der Waals surface area contributed by atoms with Crippen LogP contribution in [0.2, 0.25) is 0 Å². The minimum Gasteiger partial charge on any atom is -0.387 e. The number of β-amino-alcohol motifs (C(OH)–C–C–N with tert-alkyl or cyclic N) is 1. The van der Waals surface area contributed by atoms with Crippen LogP contribution in [0.4, 0.5) is 5.69 Å². The largest absolute Gasteiger partial charge is 0.387 e. The zero-order chi connectivity index (χ0) is 15.4. The highest BCUT2D eigenvalue weighted by atomic mass is 16.3. The number of hydrogen-bond acceptors (Lipinski definition) is 4. The summed E-state index contributed by atoms with van der Waals surface area (Å²) in [5.41, 5.74) is 3.49. The van der Waals surface area contributed by atoms with Crippen molar-refractivity contribution < 1.29 is 5.11 Å². The van der Waals surface area contributed by atoms with Gasteiger partial charge in [-0.2, -0.15) is 0 Å². The molecule has 1 N–H and O–H groups in total. The normalized spacial score (nSPS) is 17.5. The van der Waals surface area contributed by atoms with E-state index >= 15 is 0 Å². The minimum atomic E-state index is -0.407. The van der Waals surface area contributed by atoms with E-state index in [4.69, 9.17) is 0 Å². The summed E-state index contributed by atoms with van der Waals surface area (Å²) < 4.78 is 0. The maximum Gasteiger partial charge on any atom is 0.0916 e. The molecule has 4 heteroatoms. The number of piperazine rings is 1. The first-order chi connectivity index (χ1) is 10.7. The Morgan fingerprint density at radius 3 is 2.50 bits per heavy atom. The van der Waals surface area contributed by atoms with Crippen molar-refractivity contribution >= 4 is 5.69 Å². The number of hydrogen-bond donors (Lipinski definition) is 1. The van der Waals surface area contributed by atoms with Gasteiger partial charge in [-0.15, -0.1) is 0 Å². The van der Waals surface area contributed by atoms with Gasteiger partial charge in [-0.25, -0.2) is 0 Å². The molecule has 116 valence electrons. The predicted octanol–water partition coefficient (Wildman–Crippen LogP) is 2.25. The van der Waals surface area contributed by atoms with Gasteiger partial charge in [0.2, 0.25) is 0 Å². The van der Waals surface area contributed by atoms with Crippen LogP contribution in [-0.4, -0.2) is 47.7 Å². The Balaban J connectivity index is 1.55. The Labute approximate surface area is 132 Å². The zero-order valence-electron chi connectivity index (χ0n) is 13.0. The molecule has 0 amide bonds. The van der Waals surface area contributed by atoms with Crippen LogP contribution in [0.5, 0.6) is 0 Å². The highest BCUT2D eigenvalue weighted by Crippen LogP contribution is 2.21. The second-order valence-electron chi connectivity index (χ2n) is 5.88. The molecule has 3 rings (SSSR count). The quantitative estimate of drug-likeness (QED) is 0.939. The number of nitrogens with zero attached hydrogens (tertiary/aromatic N) is 3. The smallest absolute Gasteiger partial charge is 0.0916 e. The average molecular weight is 297 g/mol. The fraction of sp³-hybridized carbons (Fsp3) is 0.389. The molecule has 0 saturated carbocycles. The van der Waals surface area contributed by atoms with Gasteiger partial charge in [0, 0.05) is 50.8 Å². The van der Waals surface area contributed by atoms with Gasteiger partial charge in [-0.05, 0) is 24.1 Å². The van der Waals surface area contributed by atoms with Gasteiger partial charge >= 0.3 is 0 Å². The number of rotatable bonds is 4. The molecule has 1 saturated heterocycles. The summed E-state index contributed by atoms with van der Waals surface area (Å²) in [6.45, 7) is 6.75. The first-order valence-electron chi connectivity index (χ1n) is 7.85. The van der Waals surface area contributed by atoms with Crippen molar-refractivity contribution in [3.63, 3.8) is 0 Å². The maximum absolute atomic E-state index is 10.3. The Bertz CT molecular complexity index is 594. The molecule has 1 aromatic heterocycles. The van der Waals surface area contributed by atoms with Crippen molar-refractivity contribution in [3.05, 3.63) is 59.9 Å². The third kappa shape index (κ3) is 3.46. The van der Waals surface area contributed by atoms with E-state index in [1.165, 1.54) is 11.3 Å². The number of aliphatic hydroxyl groups excluding tert-OH is 1. The van der Waals surface area contributed by atoms with E-state index in [1.807, 2.05) is 42.7 Å². The van der Waals surface area contributed by atoms with Gasteiger partial charge in [0.15, 0.2) is 0 Å². The van der Waals surface area contributed by atoms with Crippen LogP contribution in [0.1, 0.15) is 17.2 Å². The number of aliphatic hydroxyl groups is 1. The Morgan fingerprint density at radius 1 is 1.09 bits per heavy atom. The van der Waals surface area contributed by atoms with Crippen molar-refractivity contribution in [2.24, 2.45) is 0 Å². The van der Waals surface area contributed by atoms with E-state index in [1.54, 1.807) is 0 Å². The molecule has 0 spiro atoms. The molecule has 2 aromatic rings. The first-order valence-corrected chi connectivity index (χ1v) is 7.85. The van der Waals surface area contributed by atoms with Crippen molar-refractivity contribution in [1.82, 2.24) is 9.88 Å². The molecule has 4 nitrogen and oxygen atoms in total. The number of aromatic nitrogens is 1. The molecular formula is C18H23N3O. The van der Waals surface area contributed by atoms with Crippen molar-refractivity contribution in [2.45, 2.75) is 13.0 Å². The standard InChI is InChI=1S/C18H23N3O/c1-15-13-19-8-7-17(15)21-11-9-20(10-12-21)14-18(22)16-5-3-2-4-6-16/h2-8,13,18,22H,9-12,14H2,1H3. The predicted molar refractivity (Wildman–Crippen MR) is 89.0 cm³/mol. The molecule has 1 atom stereocenters. The lowest BCUT2D eigenvalue weighted by Gasteiger charge is -2.37. The van der Waals surface area contributed by atoms with E-state index < -0.39 is 6.10 Å². The molecule has 0 radical (unpaired) electrons. The lowest BCUT2D eigenvalue weighted by molar-refractivity contribution is 0.109. The molecule has 1 aliphatic heterocycles. The van der Waals surface area contributed by atoms with Crippen molar-refractivity contribution in [2.75, 3.05) is 37.6 Å². The lowest BCUT2D eigenvalue weighted by Crippen LogP contribution is -2.47. The van der Waals surface area contributed by atoms with E-state index in [0.717, 1.165) is 31.7 Å². The molecular weight excluding hydrogens is 274 g/mol. The summed E-state index contributed by atoms with van der Waals surface area (Å²) in [6, 6.07) is 12.0.